The van der Waals surface area contributed by atoms with Gasteiger partial charge >= 0.3 is 0 Å². The number of anilines is 1. The zero-order valence-corrected chi connectivity index (χ0v) is 14.3. The van der Waals surface area contributed by atoms with Crippen LogP contribution in [-0.4, -0.2) is 28.4 Å². The van der Waals surface area contributed by atoms with Gasteiger partial charge in [-0.05, 0) is 22.0 Å². The van der Waals surface area contributed by atoms with Gasteiger partial charge in [-0.15, -0.1) is 0 Å². The molecule has 0 atom stereocenters. The molecule has 1 aromatic carbocycles. The molecule has 2 aromatic rings. The van der Waals surface area contributed by atoms with Gasteiger partial charge in [-0.2, -0.15) is 12.8 Å². The molecule has 0 radical (unpaired) electrons. The number of nitrogens with zero attached hydrogens (tertiary/aromatic N) is 2. The summed E-state index contributed by atoms with van der Waals surface area (Å²) in [4.78, 5) is 5.05. The maximum absolute atomic E-state index is 11.1. The third-order valence-electron chi connectivity index (χ3n) is 2.87. The fourth-order valence-electron chi connectivity index (χ4n) is 1.84. The molecule has 0 saturated heterocycles. The zero-order valence-electron chi connectivity index (χ0n) is 11.9. The van der Waals surface area contributed by atoms with E-state index in [1.165, 1.54) is 17.8 Å². The fraction of sp³-hybridized carbons (Fsp3) is 0.143. The monoisotopic (exact) mass is 383 g/mol. The highest BCUT2D eigenvalue weighted by atomic mass is 79.9. The summed E-state index contributed by atoms with van der Waals surface area (Å²) in [6.45, 7) is 0. The molecule has 0 unspecified atom stereocenters. The molecule has 1 N–H and O–H groups in total. The second-order valence-corrected chi connectivity index (χ2v) is 7.07. The summed E-state index contributed by atoms with van der Waals surface area (Å²) in [5, 5.41) is 10.9. The lowest BCUT2D eigenvalue weighted by atomic mass is 10.2. The van der Waals surface area contributed by atoms with Gasteiger partial charge in [0.1, 0.15) is 4.47 Å². The lowest BCUT2D eigenvalue weighted by molar-refractivity contribution is -0.378. The number of hydrogen-bond acceptors (Lipinski definition) is 4. The summed E-state index contributed by atoms with van der Waals surface area (Å²) < 4.78 is 26.3. The Labute approximate surface area is 137 Å². The number of benzene rings is 1. The van der Waals surface area contributed by atoms with Gasteiger partial charge in [0.15, 0.2) is 12.4 Å². The number of halogens is 1. The number of H-pyrrole nitrogens is 1. The lowest BCUT2D eigenvalue weighted by Crippen LogP contribution is -2.15. The molecule has 0 amide bonds. The summed E-state index contributed by atoms with van der Waals surface area (Å²) in [5.41, 5.74) is 1.34. The summed E-state index contributed by atoms with van der Waals surface area (Å²) >= 11 is 3.42. The Balaban J connectivity index is 0.000000164. The summed E-state index contributed by atoms with van der Waals surface area (Å²) in [7, 11) is 0.349. The third kappa shape index (κ3) is 3.45. The standard InChI is InChI=1S/C7H9BrN2.C7H5NO3S/c1-10(2)7-3-4-9-5-6(7)8;9-7-5-3-1-2-4-6(5)12(10,11)8-7/h3-5H,1-2H3;1-4H,(H,8,9). The third-order valence-corrected chi connectivity index (χ3v) is 4.83. The predicted molar refractivity (Wildman–Crippen MR) is 85.2 cm³/mol. The molecule has 0 fully saturated rings. The molecule has 3 rings (SSSR count). The Bertz CT molecular complexity index is 820. The highest BCUT2D eigenvalue weighted by Crippen LogP contribution is 2.23. The smallest absolute Gasteiger partial charge is 0.282 e. The zero-order chi connectivity index (χ0) is 16.3. The number of hydrogen-bond donors (Lipinski definition) is 0. The first-order valence-corrected chi connectivity index (χ1v) is 8.50. The highest BCUT2D eigenvalue weighted by Gasteiger charge is 2.22. The van der Waals surface area contributed by atoms with Crippen LogP contribution in [0.2, 0.25) is 0 Å². The minimum atomic E-state index is -3.68. The van der Waals surface area contributed by atoms with Crippen LogP contribution in [0, 0.1) is 0 Å². The number of fused-ring (bicyclic) bond motifs is 1. The number of sulfonamides is 1. The van der Waals surface area contributed by atoms with E-state index in [0.717, 1.165) is 4.47 Å². The van der Waals surface area contributed by atoms with Crippen molar-refractivity contribution in [3.05, 3.63) is 52.8 Å². The molecule has 116 valence electrons. The number of aromatic amines is 1. The van der Waals surface area contributed by atoms with Crippen molar-refractivity contribution in [3.8, 4) is 0 Å². The maximum Gasteiger partial charge on any atom is 0.282 e. The van der Waals surface area contributed by atoms with Crippen LogP contribution in [0.15, 0.2) is 56.5 Å². The molecule has 0 saturated carbocycles. The maximum atomic E-state index is 11.1. The highest BCUT2D eigenvalue weighted by molar-refractivity contribution is 9.10. The van der Waals surface area contributed by atoms with E-state index in [1.54, 1.807) is 12.1 Å². The second kappa shape index (κ2) is 6.45. The van der Waals surface area contributed by atoms with Gasteiger partial charge in [0.05, 0.1) is 10.6 Å². The summed E-state index contributed by atoms with van der Waals surface area (Å²) in [6.07, 6.45) is 3.81. The topological polar surface area (TPSA) is 86.9 Å². The van der Waals surface area contributed by atoms with E-state index in [1.807, 2.05) is 32.6 Å². The molecule has 0 spiro atoms. The van der Waals surface area contributed by atoms with E-state index in [0.29, 0.717) is 0 Å². The molecular formula is C14H14BrN3O3S. The van der Waals surface area contributed by atoms with Gasteiger partial charge in [0.2, 0.25) is 0 Å². The normalized spacial score (nSPS) is 14.4. The van der Waals surface area contributed by atoms with E-state index in [4.69, 9.17) is 0 Å². The Morgan fingerprint density at radius 3 is 2.45 bits per heavy atom. The van der Waals surface area contributed by atoms with Gasteiger partial charge in [-0.3, -0.25) is 0 Å². The van der Waals surface area contributed by atoms with Crippen LogP contribution >= 0.6 is 15.9 Å². The van der Waals surface area contributed by atoms with Crippen molar-refractivity contribution in [3.63, 3.8) is 0 Å². The quantitative estimate of drug-likeness (QED) is 0.729. The van der Waals surface area contributed by atoms with E-state index < -0.39 is 15.9 Å². The first kappa shape index (κ1) is 16.4. The molecule has 0 bridgehead atoms. The first-order valence-electron chi connectivity index (χ1n) is 6.27. The Morgan fingerprint density at radius 2 is 1.91 bits per heavy atom. The Morgan fingerprint density at radius 1 is 1.23 bits per heavy atom. The van der Waals surface area contributed by atoms with Crippen molar-refractivity contribution in [1.82, 2.24) is 0 Å². The molecule has 0 aliphatic carbocycles. The molecule has 1 aliphatic rings. The minimum Gasteiger partial charge on any atom is -0.858 e. The van der Waals surface area contributed by atoms with Gasteiger partial charge in [0.25, 0.3) is 10.0 Å². The number of pyridine rings is 1. The number of nitrogens with one attached hydrogen (secondary N) is 1. The molecule has 2 heterocycles. The average molecular weight is 384 g/mol. The van der Waals surface area contributed by atoms with E-state index >= 15 is 0 Å². The molecule has 1 aliphatic heterocycles. The van der Waals surface area contributed by atoms with Crippen molar-refractivity contribution in [2.24, 2.45) is 4.40 Å². The minimum absolute atomic E-state index is 0.00926. The van der Waals surface area contributed by atoms with Crippen LogP contribution in [-0.2, 0) is 10.0 Å². The van der Waals surface area contributed by atoms with Crippen molar-refractivity contribution < 1.29 is 18.5 Å². The van der Waals surface area contributed by atoms with Crippen LogP contribution in [0.4, 0.5) is 5.69 Å². The van der Waals surface area contributed by atoms with Gasteiger partial charge in [0, 0.05) is 31.6 Å². The van der Waals surface area contributed by atoms with Crippen molar-refractivity contribution in [1.29, 1.82) is 0 Å². The van der Waals surface area contributed by atoms with Crippen LogP contribution in [0.25, 0.3) is 0 Å². The molecule has 1 aromatic heterocycles. The predicted octanol–water partition coefficient (Wildman–Crippen LogP) is 0.825. The molecule has 6 nitrogen and oxygen atoms in total. The first-order chi connectivity index (χ1) is 10.3. The van der Waals surface area contributed by atoms with E-state index in [2.05, 4.69) is 30.2 Å². The SMILES string of the molecule is CN(C)c1cc[nH+]cc1Br.O=S1(=O)N=C([O-])c2ccccc21. The fourth-order valence-corrected chi connectivity index (χ4v) is 3.56. The number of aromatic nitrogens is 1. The average Bonchev–Trinajstić information content (AvgIpc) is 2.70. The summed E-state index contributed by atoms with van der Waals surface area (Å²) in [5.74, 6) is -0.675. The summed E-state index contributed by atoms with van der Waals surface area (Å²) in [6, 6.07) is 8.01. The van der Waals surface area contributed by atoms with Crippen LogP contribution in [0.3, 0.4) is 0 Å². The van der Waals surface area contributed by atoms with E-state index in [-0.39, 0.29) is 10.5 Å². The van der Waals surface area contributed by atoms with Crippen LogP contribution < -0.4 is 15.0 Å². The van der Waals surface area contributed by atoms with Crippen molar-refractivity contribution in [2.45, 2.75) is 4.90 Å². The number of rotatable bonds is 1. The van der Waals surface area contributed by atoms with Gasteiger partial charge < -0.3 is 10.0 Å². The Kier molecular flexibility index (Phi) is 4.82. The Hall–Kier alpha value is -1.93. The lowest BCUT2D eigenvalue weighted by Gasteiger charge is -2.11. The van der Waals surface area contributed by atoms with Gasteiger partial charge in [-0.1, -0.05) is 18.2 Å². The molecule has 22 heavy (non-hydrogen) atoms. The van der Waals surface area contributed by atoms with Crippen molar-refractivity contribution >= 4 is 37.5 Å². The van der Waals surface area contributed by atoms with E-state index in [9.17, 15) is 13.5 Å². The second-order valence-electron chi connectivity index (χ2n) is 4.64. The molecule has 8 heteroatoms. The van der Waals surface area contributed by atoms with Crippen molar-refractivity contribution in [2.75, 3.05) is 19.0 Å². The molecular weight excluding hydrogens is 370 g/mol. The van der Waals surface area contributed by atoms with Crippen LogP contribution in [0.5, 0.6) is 0 Å². The van der Waals surface area contributed by atoms with Crippen LogP contribution in [0.1, 0.15) is 5.56 Å². The largest absolute Gasteiger partial charge is 0.858 e. The van der Waals surface area contributed by atoms with Gasteiger partial charge in [-0.25, -0.2) is 4.98 Å².